The van der Waals surface area contributed by atoms with Crippen molar-refractivity contribution in [2.24, 2.45) is 5.73 Å². The summed E-state index contributed by atoms with van der Waals surface area (Å²) in [6, 6.07) is 18.3. The molecule has 0 saturated carbocycles. The number of rotatable bonds is 18. The van der Waals surface area contributed by atoms with Crippen LogP contribution in [0.15, 0.2) is 72.8 Å². The number of aliphatic hydroxyl groups excluding tert-OH is 1. The fourth-order valence-electron chi connectivity index (χ4n) is 5.00. The number of carbonyl (C=O) groups is 4. The second-order valence-electron chi connectivity index (χ2n) is 11.1. The number of hydrogen-bond acceptors (Lipinski definition) is 9. The van der Waals surface area contributed by atoms with Crippen LogP contribution in [0.4, 0.5) is 10.1 Å². The number of thioether (sulfide) groups is 1. The minimum Gasteiger partial charge on any atom is -0.497 e. The van der Waals surface area contributed by atoms with Gasteiger partial charge >= 0.3 is 5.97 Å². The second kappa shape index (κ2) is 17.5. The van der Waals surface area contributed by atoms with Crippen LogP contribution in [0.5, 0.6) is 11.5 Å². The average Bonchev–Trinajstić information content (AvgIpc) is 3.09. The molecule has 0 aliphatic carbocycles. The number of aliphatic carboxylic acids is 1. The molecule has 3 amide bonds. The molecular formula is C34H39FN4O8S. The summed E-state index contributed by atoms with van der Waals surface area (Å²) in [5.41, 5.74) is 7.47. The summed E-state index contributed by atoms with van der Waals surface area (Å²) < 4.78 is 24.4. The third-order valence-electron chi connectivity index (χ3n) is 7.70. The number of anilines is 1. The molecule has 12 nitrogen and oxygen atoms in total. The number of hydrogen-bond donors (Lipinski definition) is 5. The van der Waals surface area contributed by atoms with E-state index in [-0.39, 0.29) is 30.7 Å². The van der Waals surface area contributed by atoms with E-state index in [1.807, 2.05) is 0 Å². The van der Waals surface area contributed by atoms with Gasteiger partial charge < -0.3 is 41.0 Å². The molecule has 0 aromatic heterocycles. The number of carbonyl (C=O) groups excluding carboxylic acids is 3. The molecule has 1 aliphatic rings. The molecule has 4 atom stereocenters. The molecule has 256 valence electrons. The Morgan fingerprint density at radius 2 is 1.62 bits per heavy atom. The van der Waals surface area contributed by atoms with Crippen molar-refractivity contribution in [3.8, 4) is 11.5 Å². The van der Waals surface area contributed by atoms with Gasteiger partial charge in [0.1, 0.15) is 28.6 Å². The number of nitrogens with one attached hydrogen (secondary N) is 2. The van der Waals surface area contributed by atoms with Crippen LogP contribution < -0.4 is 30.7 Å². The number of unbranched alkanes of at least 4 members (excludes halogenated alkanes) is 1. The maximum Gasteiger partial charge on any atom is 0.320 e. The van der Waals surface area contributed by atoms with Gasteiger partial charge in [-0.05, 0) is 78.9 Å². The van der Waals surface area contributed by atoms with E-state index < -0.39 is 41.1 Å². The predicted octanol–water partition coefficient (Wildman–Crippen LogP) is 2.95. The summed E-state index contributed by atoms with van der Waals surface area (Å²) in [5, 5.41) is 24.2. The molecule has 4 rings (SSSR count). The van der Waals surface area contributed by atoms with Gasteiger partial charge in [-0.15, -0.1) is 11.8 Å². The van der Waals surface area contributed by atoms with Crippen LogP contribution in [0.3, 0.4) is 0 Å². The summed E-state index contributed by atoms with van der Waals surface area (Å²) in [4.78, 5) is 49.9. The number of aliphatic hydroxyl groups is 1. The van der Waals surface area contributed by atoms with Crippen molar-refractivity contribution in [3.05, 3.63) is 89.7 Å². The fraction of sp³-hybridized carbons (Fsp3) is 0.353. The number of methoxy groups -OCH3 is 1. The van der Waals surface area contributed by atoms with Crippen LogP contribution in [0.25, 0.3) is 0 Å². The molecule has 14 heteroatoms. The van der Waals surface area contributed by atoms with Crippen LogP contribution in [-0.2, 0) is 19.2 Å². The first-order valence-corrected chi connectivity index (χ1v) is 16.4. The van der Waals surface area contributed by atoms with E-state index in [2.05, 4.69) is 10.6 Å². The Hall–Kier alpha value is -4.66. The Balaban J connectivity index is 1.29. The van der Waals surface area contributed by atoms with Crippen molar-refractivity contribution in [2.45, 2.75) is 42.7 Å². The summed E-state index contributed by atoms with van der Waals surface area (Å²) >= 11 is 1.33. The molecule has 3 aromatic carbocycles. The highest BCUT2D eigenvalue weighted by atomic mass is 32.2. The number of carboxylic acids is 1. The fourth-order valence-corrected chi connectivity index (χ4v) is 6.30. The Labute approximate surface area is 281 Å². The van der Waals surface area contributed by atoms with Gasteiger partial charge in [0.15, 0.2) is 6.61 Å². The van der Waals surface area contributed by atoms with E-state index in [4.69, 9.17) is 20.3 Å². The van der Waals surface area contributed by atoms with E-state index in [0.29, 0.717) is 48.6 Å². The molecule has 0 spiro atoms. The second-order valence-corrected chi connectivity index (χ2v) is 12.3. The zero-order valence-corrected chi connectivity index (χ0v) is 27.2. The van der Waals surface area contributed by atoms with Crippen molar-refractivity contribution in [2.75, 3.05) is 37.5 Å². The van der Waals surface area contributed by atoms with Gasteiger partial charge in [-0.2, -0.15) is 0 Å². The van der Waals surface area contributed by atoms with Crippen LogP contribution in [0.1, 0.15) is 42.5 Å². The smallest absolute Gasteiger partial charge is 0.320 e. The average molecular weight is 683 g/mol. The first-order valence-electron chi connectivity index (χ1n) is 15.3. The van der Waals surface area contributed by atoms with Crippen molar-refractivity contribution >= 4 is 41.1 Å². The van der Waals surface area contributed by atoms with Crippen molar-refractivity contribution in [1.82, 2.24) is 10.6 Å². The topological polar surface area (TPSA) is 181 Å². The molecule has 1 unspecified atom stereocenters. The van der Waals surface area contributed by atoms with Crippen LogP contribution in [-0.4, -0.2) is 77.8 Å². The lowest BCUT2D eigenvalue weighted by molar-refractivity contribution is -0.138. The SMILES string of the molecule is COc1ccc(C(O)CS[C@H]2C(=O)N(c3ccc(F)cc3)[C@@H]2c2ccc(OCC(=O)NCC(=O)NCCCC[C@@H](N)C(=O)O)cc2)cc1. The van der Waals surface area contributed by atoms with Gasteiger partial charge in [0.25, 0.3) is 5.91 Å². The molecule has 48 heavy (non-hydrogen) atoms. The number of nitrogens with two attached hydrogens (primary N) is 1. The molecule has 0 bridgehead atoms. The van der Waals surface area contributed by atoms with Crippen molar-refractivity contribution < 1.29 is 43.3 Å². The minimum absolute atomic E-state index is 0.165. The Kier molecular flexibility index (Phi) is 13.2. The van der Waals surface area contributed by atoms with E-state index in [1.54, 1.807) is 72.7 Å². The normalized spacial score (nSPS) is 16.8. The monoisotopic (exact) mass is 682 g/mol. The van der Waals surface area contributed by atoms with E-state index >= 15 is 0 Å². The van der Waals surface area contributed by atoms with E-state index in [1.165, 1.54) is 23.9 Å². The quantitative estimate of drug-likeness (QED) is 0.0989. The molecule has 1 aliphatic heterocycles. The Morgan fingerprint density at radius 1 is 0.958 bits per heavy atom. The number of halogens is 1. The predicted molar refractivity (Wildman–Crippen MR) is 178 cm³/mol. The first-order chi connectivity index (χ1) is 23.1. The lowest BCUT2D eigenvalue weighted by Crippen LogP contribution is -2.57. The van der Waals surface area contributed by atoms with Crippen molar-refractivity contribution in [1.29, 1.82) is 0 Å². The highest BCUT2D eigenvalue weighted by molar-refractivity contribution is 8.00. The zero-order chi connectivity index (χ0) is 34.6. The molecule has 1 saturated heterocycles. The van der Waals surface area contributed by atoms with Gasteiger partial charge in [-0.25, -0.2) is 4.39 Å². The van der Waals surface area contributed by atoms with E-state index in [9.17, 15) is 28.7 Å². The van der Waals surface area contributed by atoms with Gasteiger partial charge in [0, 0.05) is 18.0 Å². The number of ether oxygens (including phenoxy) is 2. The third-order valence-corrected chi connectivity index (χ3v) is 9.03. The summed E-state index contributed by atoms with van der Waals surface area (Å²) in [5.74, 6) is -1.20. The number of β-lactam (4-membered cyclic amide) rings is 1. The van der Waals surface area contributed by atoms with Gasteiger partial charge in [0.05, 0.1) is 25.8 Å². The summed E-state index contributed by atoms with van der Waals surface area (Å²) in [6.45, 7) is -0.236. The van der Waals surface area contributed by atoms with Gasteiger partial charge in [-0.3, -0.25) is 19.2 Å². The Bertz CT molecular complexity index is 1540. The maximum atomic E-state index is 13.6. The van der Waals surface area contributed by atoms with Crippen LogP contribution in [0.2, 0.25) is 0 Å². The highest BCUT2D eigenvalue weighted by Crippen LogP contribution is 2.46. The summed E-state index contributed by atoms with van der Waals surface area (Å²) in [7, 11) is 1.56. The lowest BCUT2D eigenvalue weighted by Gasteiger charge is -2.47. The highest BCUT2D eigenvalue weighted by Gasteiger charge is 2.49. The van der Waals surface area contributed by atoms with Crippen LogP contribution >= 0.6 is 11.8 Å². The number of benzene rings is 3. The largest absolute Gasteiger partial charge is 0.497 e. The standard InChI is InChI=1S/C34H39FN4O8S/c1-46-25-13-5-21(6-14-25)28(40)20-48-32-31(39(33(32)43)24-11-9-23(35)10-12-24)22-7-15-26(16-8-22)47-19-30(42)38-18-29(41)37-17-3-2-4-27(36)34(44)45/h5-16,27-28,31-32,40H,2-4,17-20,36H2,1H3,(H,37,41)(H,38,42)(H,44,45)/t27-,28?,31-,32-/m1/s1. The molecular weight excluding hydrogens is 643 g/mol. The number of carboxylic acid groups (broad SMARTS) is 1. The molecule has 1 heterocycles. The van der Waals surface area contributed by atoms with Gasteiger partial charge in [0.2, 0.25) is 11.8 Å². The minimum atomic E-state index is -1.06. The lowest BCUT2D eigenvalue weighted by atomic mass is 9.92. The van der Waals surface area contributed by atoms with Gasteiger partial charge in [-0.1, -0.05) is 24.3 Å². The Morgan fingerprint density at radius 3 is 2.27 bits per heavy atom. The maximum absolute atomic E-state index is 13.6. The third kappa shape index (κ3) is 9.92. The number of amides is 3. The number of nitrogens with zero attached hydrogens (tertiary/aromatic N) is 1. The zero-order valence-electron chi connectivity index (χ0n) is 26.3. The summed E-state index contributed by atoms with van der Waals surface area (Å²) in [6.07, 6.45) is 0.598. The van der Waals surface area contributed by atoms with E-state index in [0.717, 1.165) is 5.56 Å². The first kappa shape index (κ1) is 36.2. The molecule has 6 N–H and O–H groups in total. The van der Waals surface area contributed by atoms with Crippen LogP contribution in [0, 0.1) is 5.82 Å². The molecule has 0 radical (unpaired) electrons. The molecule has 1 fully saturated rings. The van der Waals surface area contributed by atoms with Crippen molar-refractivity contribution in [3.63, 3.8) is 0 Å². The molecule has 3 aromatic rings.